The van der Waals surface area contributed by atoms with E-state index >= 15 is 0 Å². The SMILES string of the molecule is COc1cc(C(=O)N[C@H](CO)C(=O)c2ccc(OC)c(-c3ccc(F)c(C(F)(F)F)c3)n2)ccc1OCCO. The maximum atomic E-state index is 13.8. The second kappa shape index (κ2) is 12.5. The van der Waals surface area contributed by atoms with Crippen molar-refractivity contribution in [2.45, 2.75) is 12.2 Å². The van der Waals surface area contributed by atoms with Gasteiger partial charge in [-0.1, -0.05) is 0 Å². The third kappa shape index (κ3) is 6.81. The maximum Gasteiger partial charge on any atom is 0.419 e. The lowest BCUT2D eigenvalue weighted by atomic mass is 10.0. The number of ether oxygens (including phenoxy) is 3. The highest BCUT2D eigenvalue weighted by Gasteiger charge is 2.35. The number of methoxy groups -OCH3 is 2. The molecule has 3 N–H and O–H groups in total. The first-order valence-corrected chi connectivity index (χ1v) is 11.3. The van der Waals surface area contributed by atoms with Gasteiger partial charge in [-0.25, -0.2) is 9.37 Å². The number of hydrogen-bond acceptors (Lipinski definition) is 8. The summed E-state index contributed by atoms with van der Waals surface area (Å²) in [6, 6.07) is 7.37. The minimum absolute atomic E-state index is 0.00468. The molecule has 1 amide bonds. The number of carbonyl (C=O) groups excluding carboxylic acids is 2. The normalized spacial score (nSPS) is 12.0. The van der Waals surface area contributed by atoms with Crippen molar-refractivity contribution in [2.75, 3.05) is 34.0 Å². The number of nitrogens with one attached hydrogen (secondary N) is 1. The smallest absolute Gasteiger partial charge is 0.419 e. The van der Waals surface area contributed by atoms with E-state index in [1.807, 2.05) is 0 Å². The van der Waals surface area contributed by atoms with Crippen LogP contribution in [-0.2, 0) is 6.18 Å². The fraction of sp³-hybridized carbons (Fsp3) is 0.269. The summed E-state index contributed by atoms with van der Waals surface area (Å²) in [4.78, 5) is 30.0. The molecule has 9 nitrogen and oxygen atoms in total. The lowest BCUT2D eigenvalue weighted by molar-refractivity contribution is -0.139. The average Bonchev–Trinajstić information content (AvgIpc) is 2.93. The van der Waals surface area contributed by atoms with Crippen molar-refractivity contribution in [3.8, 4) is 28.5 Å². The van der Waals surface area contributed by atoms with Crippen molar-refractivity contribution < 1.29 is 51.6 Å². The van der Waals surface area contributed by atoms with E-state index in [0.29, 0.717) is 12.1 Å². The zero-order valence-electron chi connectivity index (χ0n) is 20.7. The molecular formula is C26H24F4N2O7. The van der Waals surface area contributed by atoms with Gasteiger partial charge >= 0.3 is 6.18 Å². The zero-order chi connectivity index (χ0) is 28.7. The van der Waals surface area contributed by atoms with Gasteiger partial charge in [-0.2, -0.15) is 13.2 Å². The number of halogens is 4. The largest absolute Gasteiger partial charge is 0.494 e. The van der Waals surface area contributed by atoms with Crippen LogP contribution in [0.15, 0.2) is 48.5 Å². The van der Waals surface area contributed by atoms with E-state index in [-0.39, 0.29) is 53.0 Å². The minimum Gasteiger partial charge on any atom is -0.494 e. The van der Waals surface area contributed by atoms with Crippen molar-refractivity contribution in [2.24, 2.45) is 0 Å². The van der Waals surface area contributed by atoms with Gasteiger partial charge < -0.3 is 29.7 Å². The number of benzene rings is 2. The lowest BCUT2D eigenvalue weighted by Gasteiger charge is -2.17. The van der Waals surface area contributed by atoms with Crippen molar-refractivity contribution in [1.82, 2.24) is 10.3 Å². The molecule has 3 rings (SSSR count). The Kier molecular flexibility index (Phi) is 9.43. The fourth-order valence-electron chi connectivity index (χ4n) is 3.54. The number of alkyl halides is 3. The van der Waals surface area contributed by atoms with Crippen LogP contribution in [-0.4, -0.2) is 67.0 Å². The Bertz CT molecular complexity index is 1350. The van der Waals surface area contributed by atoms with E-state index in [1.54, 1.807) is 0 Å². The number of Topliss-reactive ketones (excluding diaryl/α,β-unsaturated/α-hetero) is 1. The molecule has 0 radical (unpaired) electrons. The van der Waals surface area contributed by atoms with Gasteiger partial charge in [0, 0.05) is 11.1 Å². The molecule has 0 fully saturated rings. The molecule has 1 aromatic heterocycles. The van der Waals surface area contributed by atoms with Gasteiger partial charge in [0.1, 0.15) is 35.6 Å². The number of carbonyl (C=O) groups is 2. The number of pyridine rings is 1. The average molecular weight is 552 g/mol. The molecule has 2 aromatic carbocycles. The molecule has 0 aliphatic rings. The van der Waals surface area contributed by atoms with Crippen LogP contribution in [0.25, 0.3) is 11.3 Å². The Morgan fingerprint density at radius 1 is 0.974 bits per heavy atom. The second-order valence-corrected chi connectivity index (χ2v) is 7.95. The highest BCUT2D eigenvalue weighted by molar-refractivity contribution is 6.04. The fourth-order valence-corrected chi connectivity index (χ4v) is 3.54. The van der Waals surface area contributed by atoms with Crippen LogP contribution in [0.5, 0.6) is 17.2 Å². The molecule has 0 bridgehead atoms. The molecule has 0 unspecified atom stereocenters. The summed E-state index contributed by atoms with van der Waals surface area (Å²) < 4.78 is 69.1. The Morgan fingerprint density at radius 3 is 2.28 bits per heavy atom. The van der Waals surface area contributed by atoms with Crippen molar-refractivity contribution >= 4 is 11.7 Å². The topological polar surface area (TPSA) is 127 Å². The summed E-state index contributed by atoms with van der Waals surface area (Å²) in [6.45, 7) is -1.07. The quantitative estimate of drug-likeness (QED) is 0.244. The number of aromatic nitrogens is 1. The monoisotopic (exact) mass is 552 g/mol. The van der Waals surface area contributed by atoms with E-state index in [1.165, 1.54) is 44.6 Å². The summed E-state index contributed by atoms with van der Waals surface area (Å²) in [7, 11) is 2.58. The molecule has 0 saturated heterocycles. The molecule has 3 aromatic rings. The van der Waals surface area contributed by atoms with E-state index in [4.69, 9.17) is 19.3 Å². The Labute approximate surface area is 220 Å². The van der Waals surface area contributed by atoms with Crippen LogP contribution in [0.1, 0.15) is 26.4 Å². The standard InChI is InChI=1S/C26H24F4N2O7/c1-37-21-8-6-18(31-23(21)14-3-5-17(27)16(11-14)26(28,29)30)24(35)19(13-34)32-25(36)15-4-7-20(39-10-9-33)22(12-15)38-2/h3-8,11-12,19,33-34H,9-10,13H2,1-2H3,(H,32,36)/t19-/m1/s1. The zero-order valence-corrected chi connectivity index (χ0v) is 20.7. The number of rotatable bonds is 11. The third-order valence-electron chi connectivity index (χ3n) is 5.45. The van der Waals surface area contributed by atoms with E-state index in [2.05, 4.69) is 10.3 Å². The van der Waals surface area contributed by atoms with Gasteiger partial charge in [0.25, 0.3) is 5.91 Å². The van der Waals surface area contributed by atoms with Crippen molar-refractivity contribution in [1.29, 1.82) is 0 Å². The van der Waals surface area contributed by atoms with Gasteiger partial charge in [0.05, 0.1) is 33.0 Å². The maximum absolute atomic E-state index is 13.8. The molecule has 0 aliphatic carbocycles. The van der Waals surface area contributed by atoms with Crippen LogP contribution in [0, 0.1) is 5.82 Å². The highest BCUT2D eigenvalue weighted by atomic mass is 19.4. The van der Waals surface area contributed by atoms with Crippen molar-refractivity contribution in [3.05, 3.63) is 71.2 Å². The summed E-state index contributed by atoms with van der Waals surface area (Å²) in [5, 5.41) is 21.1. The Morgan fingerprint density at radius 2 is 1.67 bits per heavy atom. The van der Waals surface area contributed by atoms with Crippen LogP contribution < -0.4 is 19.5 Å². The number of nitrogens with zero attached hydrogens (tertiary/aromatic N) is 1. The van der Waals surface area contributed by atoms with Crippen LogP contribution in [0.4, 0.5) is 17.6 Å². The van der Waals surface area contributed by atoms with Crippen LogP contribution in [0.3, 0.4) is 0 Å². The number of hydrogen-bond donors (Lipinski definition) is 3. The first kappa shape index (κ1) is 29.3. The van der Waals surface area contributed by atoms with Crippen LogP contribution >= 0.6 is 0 Å². The van der Waals surface area contributed by atoms with Crippen molar-refractivity contribution in [3.63, 3.8) is 0 Å². The predicted octanol–water partition coefficient (Wildman–Crippen LogP) is 3.27. The molecule has 1 heterocycles. The summed E-state index contributed by atoms with van der Waals surface area (Å²) >= 11 is 0. The van der Waals surface area contributed by atoms with Gasteiger partial charge in [0.2, 0.25) is 5.78 Å². The van der Waals surface area contributed by atoms with Gasteiger partial charge in [-0.3, -0.25) is 9.59 Å². The molecule has 0 saturated carbocycles. The van der Waals surface area contributed by atoms with E-state index in [0.717, 1.165) is 6.07 Å². The van der Waals surface area contributed by atoms with Gasteiger partial charge in [-0.05, 0) is 48.5 Å². The molecule has 0 aliphatic heterocycles. The van der Waals surface area contributed by atoms with E-state index in [9.17, 15) is 32.3 Å². The van der Waals surface area contributed by atoms with Gasteiger partial charge in [-0.15, -0.1) is 0 Å². The molecule has 13 heteroatoms. The summed E-state index contributed by atoms with van der Waals surface area (Å²) in [5.41, 5.74) is -2.11. The minimum atomic E-state index is -4.97. The van der Waals surface area contributed by atoms with E-state index < -0.39 is 41.9 Å². The number of amides is 1. The lowest BCUT2D eigenvalue weighted by Crippen LogP contribution is -2.43. The molecular weight excluding hydrogens is 528 g/mol. The molecule has 39 heavy (non-hydrogen) atoms. The number of ketones is 1. The Balaban J connectivity index is 1.89. The molecule has 1 atom stereocenters. The summed E-state index contributed by atoms with van der Waals surface area (Å²) in [6.07, 6.45) is -4.97. The molecule has 208 valence electrons. The third-order valence-corrected chi connectivity index (χ3v) is 5.45. The van der Waals surface area contributed by atoms with Gasteiger partial charge in [0.15, 0.2) is 11.5 Å². The highest BCUT2D eigenvalue weighted by Crippen LogP contribution is 2.36. The Hall–Kier alpha value is -4.23. The van der Waals surface area contributed by atoms with Crippen LogP contribution in [0.2, 0.25) is 0 Å². The molecule has 0 spiro atoms. The second-order valence-electron chi connectivity index (χ2n) is 7.95. The number of aliphatic hydroxyl groups excluding tert-OH is 2. The number of aliphatic hydroxyl groups is 2. The summed E-state index contributed by atoms with van der Waals surface area (Å²) in [5.74, 6) is -2.62. The first-order valence-electron chi connectivity index (χ1n) is 11.3. The first-order chi connectivity index (χ1) is 18.5. The predicted molar refractivity (Wildman–Crippen MR) is 129 cm³/mol.